The van der Waals surface area contributed by atoms with Crippen molar-refractivity contribution in [3.05, 3.63) is 11.6 Å². The van der Waals surface area contributed by atoms with E-state index in [9.17, 15) is 15.3 Å². The number of fused-ring (bicyclic) bond motifs is 5. The maximum absolute atomic E-state index is 10.5. The van der Waals surface area contributed by atoms with Gasteiger partial charge in [0.1, 0.15) is 0 Å². The van der Waals surface area contributed by atoms with Gasteiger partial charge in [-0.05, 0) is 73.5 Å². The van der Waals surface area contributed by atoms with Crippen molar-refractivity contribution in [2.24, 2.45) is 28.6 Å². The van der Waals surface area contributed by atoms with E-state index < -0.39 is 12.2 Å². The standard InChI is InChI=1S/C19H30O3/c1-18-8-7-14-12(13(18)5-6-17(18)22)4-3-11-9-15(20)16(21)10-19(11,14)2/h9,12-17,20-22H,3-8,10H2,1-2H3/t12-,13-,14+,15?,16?,17?,18-,19-/m0/s1. The molecule has 22 heavy (non-hydrogen) atoms. The van der Waals surface area contributed by atoms with Gasteiger partial charge >= 0.3 is 0 Å². The first-order valence-electron chi connectivity index (χ1n) is 9.11. The molecule has 124 valence electrons. The third-order valence-corrected chi connectivity index (χ3v) is 8.09. The molecule has 0 heterocycles. The van der Waals surface area contributed by atoms with E-state index in [1.54, 1.807) is 0 Å². The molecular weight excluding hydrogens is 276 g/mol. The Hall–Kier alpha value is -0.380. The molecule has 0 saturated heterocycles. The molecule has 0 aliphatic heterocycles. The molecule has 8 atom stereocenters. The molecule has 3 nitrogen and oxygen atoms in total. The fraction of sp³-hybridized carbons (Fsp3) is 0.895. The van der Waals surface area contributed by atoms with Gasteiger partial charge in [0.15, 0.2) is 0 Å². The Morgan fingerprint density at radius 1 is 1.00 bits per heavy atom. The Morgan fingerprint density at radius 3 is 2.55 bits per heavy atom. The van der Waals surface area contributed by atoms with Crippen molar-refractivity contribution in [1.29, 1.82) is 0 Å². The summed E-state index contributed by atoms with van der Waals surface area (Å²) in [5.74, 6) is 1.93. The molecule has 0 spiro atoms. The molecule has 3 fully saturated rings. The third-order valence-electron chi connectivity index (χ3n) is 8.09. The summed E-state index contributed by atoms with van der Waals surface area (Å²) < 4.78 is 0. The molecule has 0 bridgehead atoms. The van der Waals surface area contributed by atoms with E-state index in [0.29, 0.717) is 24.2 Å². The largest absolute Gasteiger partial charge is 0.393 e. The summed E-state index contributed by atoms with van der Waals surface area (Å²) in [4.78, 5) is 0. The summed E-state index contributed by atoms with van der Waals surface area (Å²) in [7, 11) is 0. The maximum Gasteiger partial charge on any atom is 0.0983 e. The van der Waals surface area contributed by atoms with Gasteiger partial charge in [0.25, 0.3) is 0 Å². The summed E-state index contributed by atoms with van der Waals surface area (Å²) in [5, 5.41) is 30.7. The van der Waals surface area contributed by atoms with Gasteiger partial charge in [0.05, 0.1) is 18.3 Å². The Morgan fingerprint density at radius 2 is 1.77 bits per heavy atom. The van der Waals surface area contributed by atoms with Gasteiger partial charge < -0.3 is 15.3 Å². The van der Waals surface area contributed by atoms with Crippen LogP contribution in [-0.2, 0) is 0 Å². The van der Waals surface area contributed by atoms with Crippen LogP contribution in [-0.4, -0.2) is 33.6 Å². The quantitative estimate of drug-likeness (QED) is 0.603. The normalized spacial score (nSPS) is 57.6. The van der Waals surface area contributed by atoms with E-state index in [2.05, 4.69) is 13.8 Å². The average molecular weight is 306 g/mol. The molecule has 0 aromatic rings. The minimum Gasteiger partial charge on any atom is -0.393 e. The lowest BCUT2D eigenvalue weighted by molar-refractivity contribution is -0.0915. The number of allylic oxidation sites excluding steroid dienone is 1. The number of rotatable bonds is 0. The molecule has 3 unspecified atom stereocenters. The van der Waals surface area contributed by atoms with Crippen molar-refractivity contribution >= 4 is 0 Å². The van der Waals surface area contributed by atoms with E-state index >= 15 is 0 Å². The van der Waals surface area contributed by atoms with E-state index in [1.165, 1.54) is 18.4 Å². The van der Waals surface area contributed by atoms with Crippen LogP contribution in [0.25, 0.3) is 0 Å². The van der Waals surface area contributed by atoms with Crippen LogP contribution < -0.4 is 0 Å². The first-order valence-corrected chi connectivity index (χ1v) is 9.11. The SMILES string of the molecule is C[C@]12CC(O)C(O)C=C1CC[C@@H]1[C@H]2CC[C@]2(C)C(O)CC[C@@H]12. The first-order chi connectivity index (χ1) is 10.4. The third kappa shape index (κ3) is 1.85. The summed E-state index contributed by atoms with van der Waals surface area (Å²) in [6.45, 7) is 4.62. The zero-order valence-electron chi connectivity index (χ0n) is 13.8. The topological polar surface area (TPSA) is 60.7 Å². The summed E-state index contributed by atoms with van der Waals surface area (Å²) >= 11 is 0. The minimum absolute atomic E-state index is 0.0520. The predicted octanol–water partition coefficient (Wildman–Crippen LogP) is 2.64. The summed E-state index contributed by atoms with van der Waals surface area (Å²) in [6.07, 6.45) is 7.89. The van der Waals surface area contributed by atoms with Crippen LogP contribution in [0.2, 0.25) is 0 Å². The second kappa shape index (κ2) is 4.81. The molecule has 3 heteroatoms. The van der Waals surface area contributed by atoms with Gasteiger partial charge in [0.2, 0.25) is 0 Å². The number of hydrogen-bond donors (Lipinski definition) is 3. The van der Waals surface area contributed by atoms with Crippen molar-refractivity contribution in [3.63, 3.8) is 0 Å². The fourth-order valence-corrected chi connectivity index (χ4v) is 6.73. The van der Waals surface area contributed by atoms with Crippen LogP contribution in [0.1, 0.15) is 58.8 Å². The summed E-state index contributed by atoms with van der Waals surface area (Å²) in [5.41, 5.74) is 1.55. The van der Waals surface area contributed by atoms with Gasteiger partial charge in [-0.1, -0.05) is 25.5 Å². The number of aliphatic hydroxyl groups is 3. The van der Waals surface area contributed by atoms with Crippen LogP contribution in [0.5, 0.6) is 0 Å². The molecule has 0 aromatic carbocycles. The lowest BCUT2D eigenvalue weighted by atomic mass is 9.47. The van der Waals surface area contributed by atoms with E-state index in [0.717, 1.165) is 25.7 Å². The van der Waals surface area contributed by atoms with E-state index in [1.807, 2.05) is 6.08 Å². The Bertz CT molecular complexity index is 501. The Kier molecular flexibility index (Phi) is 3.32. The van der Waals surface area contributed by atoms with Crippen molar-refractivity contribution in [1.82, 2.24) is 0 Å². The van der Waals surface area contributed by atoms with Crippen molar-refractivity contribution in [2.75, 3.05) is 0 Å². The highest BCUT2D eigenvalue weighted by molar-refractivity contribution is 5.26. The molecule has 3 saturated carbocycles. The molecule has 4 rings (SSSR count). The highest BCUT2D eigenvalue weighted by Crippen LogP contribution is 2.65. The van der Waals surface area contributed by atoms with Crippen molar-refractivity contribution in [3.8, 4) is 0 Å². The van der Waals surface area contributed by atoms with Gasteiger partial charge in [-0.15, -0.1) is 0 Å². The Balaban J connectivity index is 1.68. The minimum atomic E-state index is -0.679. The van der Waals surface area contributed by atoms with Gasteiger partial charge in [-0.25, -0.2) is 0 Å². The molecule has 0 amide bonds. The number of aliphatic hydroxyl groups excluding tert-OH is 3. The van der Waals surface area contributed by atoms with Crippen molar-refractivity contribution in [2.45, 2.75) is 77.1 Å². The molecular formula is C19H30O3. The lowest BCUT2D eigenvalue weighted by Crippen LogP contribution is -2.53. The smallest absolute Gasteiger partial charge is 0.0983 e. The zero-order chi connectivity index (χ0) is 15.7. The second-order valence-electron chi connectivity index (χ2n) is 8.92. The molecule has 0 radical (unpaired) electrons. The lowest BCUT2D eigenvalue weighted by Gasteiger charge is -2.58. The van der Waals surface area contributed by atoms with Crippen LogP contribution in [0.3, 0.4) is 0 Å². The molecule has 3 N–H and O–H groups in total. The summed E-state index contributed by atoms with van der Waals surface area (Å²) in [6, 6.07) is 0. The van der Waals surface area contributed by atoms with Gasteiger partial charge in [-0.3, -0.25) is 0 Å². The van der Waals surface area contributed by atoms with E-state index in [-0.39, 0.29) is 16.9 Å². The zero-order valence-corrected chi connectivity index (χ0v) is 13.8. The number of hydrogen-bond acceptors (Lipinski definition) is 3. The van der Waals surface area contributed by atoms with Crippen LogP contribution in [0.4, 0.5) is 0 Å². The highest BCUT2D eigenvalue weighted by atomic mass is 16.3. The average Bonchev–Trinajstić information content (AvgIpc) is 2.77. The molecule has 4 aliphatic rings. The van der Waals surface area contributed by atoms with Crippen LogP contribution in [0.15, 0.2) is 11.6 Å². The fourth-order valence-electron chi connectivity index (χ4n) is 6.73. The monoisotopic (exact) mass is 306 g/mol. The van der Waals surface area contributed by atoms with Crippen LogP contribution >= 0.6 is 0 Å². The molecule has 0 aromatic heterocycles. The van der Waals surface area contributed by atoms with Crippen LogP contribution in [0, 0.1) is 28.6 Å². The second-order valence-corrected chi connectivity index (χ2v) is 8.92. The van der Waals surface area contributed by atoms with Crippen molar-refractivity contribution < 1.29 is 15.3 Å². The van der Waals surface area contributed by atoms with E-state index in [4.69, 9.17) is 0 Å². The maximum atomic E-state index is 10.5. The molecule has 4 aliphatic carbocycles. The predicted molar refractivity (Wildman–Crippen MR) is 85.1 cm³/mol. The Labute approximate surface area is 133 Å². The van der Waals surface area contributed by atoms with Gasteiger partial charge in [0, 0.05) is 0 Å². The van der Waals surface area contributed by atoms with Gasteiger partial charge in [-0.2, -0.15) is 0 Å². The highest BCUT2D eigenvalue weighted by Gasteiger charge is 2.59. The first kappa shape index (κ1) is 15.2.